The zero-order chi connectivity index (χ0) is 10.6. The number of halogens is 4. The molecule has 0 saturated carbocycles. The summed E-state index contributed by atoms with van der Waals surface area (Å²) in [5, 5.41) is 8.19. The maximum Gasteiger partial charge on any atom is 0.414 e. The second-order valence-electron chi connectivity index (χ2n) is 2.31. The van der Waals surface area contributed by atoms with Gasteiger partial charge in [0.2, 0.25) is 0 Å². The normalized spacial score (nSPS) is 15.6. The quantitative estimate of drug-likeness (QED) is 0.626. The molecule has 0 aromatic rings. The van der Waals surface area contributed by atoms with Crippen LogP contribution in [-0.4, -0.2) is 22.1 Å². The minimum absolute atomic E-state index is 0.179. The summed E-state index contributed by atoms with van der Waals surface area (Å²) >= 11 is 2.76. The number of carboxylic acid groups (broad SMARTS) is 1. The molecule has 0 aliphatic heterocycles. The van der Waals surface area contributed by atoms with Gasteiger partial charge in [-0.2, -0.15) is 13.2 Å². The van der Waals surface area contributed by atoms with Crippen molar-refractivity contribution in [2.45, 2.75) is 24.3 Å². The largest absolute Gasteiger partial charge is 0.478 e. The van der Waals surface area contributed by atoms with Crippen molar-refractivity contribution in [3.63, 3.8) is 0 Å². The van der Waals surface area contributed by atoms with Crippen molar-refractivity contribution >= 4 is 21.9 Å². The summed E-state index contributed by atoms with van der Waals surface area (Å²) in [5.74, 6) is -1.59. The topological polar surface area (TPSA) is 37.3 Å². The highest BCUT2D eigenvalue weighted by atomic mass is 79.9. The molecule has 1 N–H and O–H groups in total. The first kappa shape index (κ1) is 12.5. The standard InChI is InChI=1S/C7H8BrF3O2/c1-2-5(8)4(3-6(12)13)7(9,10)11/h3,5H,2H2,1H3,(H,12,13)/b4-3-. The Morgan fingerprint density at radius 2 is 2.08 bits per heavy atom. The van der Waals surface area contributed by atoms with Crippen LogP contribution in [0.2, 0.25) is 0 Å². The van der Waals surface area contributed by atoms with Gasteiger partial charge in [-0.3, -0.25) is 0 Å². The zero-order valence-corrected chi connectivity index (χ0v) is 8.32. The second-order valence-corrected chi connectivity index (χ2v) is 3.42. The molecule has 0 aromatic carbocycles. The molecule has 0 aliphatic rings. The van der Waals surface area contributed by atoms with Gasteiger partial charge in [-0.1, -0.05) is 22.9 Å². The summed E-state index contributed by atoms with van der Waals surface area (Å²) < 4.78 is 36.5. The van der Waals surface area contributed by atoms with Gasteiger partial charge in [0.25, 0.3) is 0 Å². The molecule has 1 unspecified atom stereocenters. The maximum atomic E-state index is 12.2. The highest BCUT2D eigenvalue weighted by Gasteiger charge is 2.37. The first-order chi connectivity index (χ1) is 5.79. The van der Waals surface area contributed by atoms with Crippen molar-refractivity contribution < 1.29 is 23.1 Å². The summed E-state index contributed by atoms with van der Waals surface area (Å²) in [6, 6.07) is 0. The number of hydrogen-bond acceptors (Lipinski definition) is 1. The van der Waals surface area contributed by atoms with E-state index in [1.165, 1.54) is 6.92 Å². The lowest BCUT2D eigenvalue weighted by Crippen LogP contribution is -2.21. The van der Waals surface area contributed by atoms with Gasteiger partial charge >= 0.3 is 12.1 Å². The van der Waals surface area contributed by atoms with E-state index in [0.29, 0.717) is 0 Å². The molecular weight excluding hydrogens is 253 g/mol. The molecule has 76 valence electrons. The molecule has 6 heteroatoms. The predicted molar refractivity (Wildman–Crippen MR) is 44.8 cm³/mol. The van der Waals surface area contributed by atoms with Crippen LogP contribution in [0.25, 0.3) is 0 Å². The molecule has 0 heterocycles. The number of hydrogen-bond donors (Lipinski definition) is 1. The van der Waals surface area contributed by atoms with Gasteiger partial charge in [0.05, 0.1) is 5.57 Å². The molecule has 0 saturated heterocycles. The van der Waals surface area contributed by atoms with Gasteiger partial charge < -0.3 is 5.11 Å². The Morgan fingerprint density at radius 1 is 1.62 bits per heavy atom. The lowest BCUT2D eigenvalue weighted by molar-refractivity contribution is -0.132. The van der Waals surface area contributed by atoms with E-state index in [4.69, 9.17) is 5.11 Å². The van der Waals surface area contributed by atoms with Gasteiger partial charge in [0.1, 0.15) is 0 Å². The van der Waals surface area contributed by atoms with Crippen LogP contribution in [0.1, 0.15) is 13.3 Å². The molecule has 0 spiro atoms. The lowest BCUT2D eigenvalue weighted by Gasteiger charge is -2.14. The third kappa shape index (κ3) is 4.31. The Labute approximate surface area is 81.6 Å². The molecule has 13 heavy (non-hydrogen) atoms. The average molecular weight is 261 g/mol. The Morgan fingerprint density at radius 3 is 2.31 bits per heavy atom. The summed E-state index contributed by atoms with van der Waals surface area (Å²) in [7, 11) is 0. The molecule has 2 nitrogen and oxygen atoms in total. The summed E-state index contributed by atoms with van der Waals surface area (Å²) in [6.07, 6.45) is -4.23. The summed E-state index contributed by atoms with van der Waals surface area (Å²) in [5.41, 5.74) is -1.07. The fourth-order valence-electron chi connectivity index (χ4n) is 0.703. The van der Waals surface area contributed by atoms with Gasteiger partial charge in [-0.05, 0) is 6.42 Å². The van der Waals surface area contributed by atoms with E-state index in [1.807, 2.05) is 0 Å². The maximum absolute atomic E-state index is 12.2. The zero-order valence-electron chi connectivity index (χ0n) is 6.73. The van der Waals surface area contributed by atoms with Crippen LogP contribution < -0.4 is 0 Å². The van der Waals surface area contributed by atoms with E-state index in [-0.39, 0.29) is 12.5 Å². The minimum atomic E-state index is -4.59. The fraction of sp³-hybridized carbons (Fsp3) is 0.571. The molecule has 0 rings (SSSR count). The number of allylic oxidation sites excluding steroid dienone is 1. The van der Waals surface area contributed by atoms with Gasteiger partial charge in [0, 0.05) is 10.9 Å². The van der Waals surface area contributed by atoms with Crippen molar-refractivity contribution in [3.05, 3.63) is 11.6 Å². The third-order valence-corrected chi connectivity index (χ3v) is 2.44. The third-order valence-electron chi connectivity index (χ3n) is 1.30. The van der Waals surface area contributed by atoms with Gasteiger partial charge in [-0.15, -0.1) is 0 Å². The Bertz CT molecular complexity index is 222. The van der Waals surface area contributed by atoms with E-state index < -0.39 is 22.5 Å². The second kappa shape index (κ2) is 4.64. The van der Waals surface area contributed by atoms with Crippen molar-refractivity contribution in [2.75, 3.05) is 0 Å². The van der Waals surface area contributed by atoms with E-state index in [1.54, 1.807) is 0 Å². The van der Waals surface area contributed by atoms with Crippen molar-refractivity contribution in [1.82, 2.24) is 0 Å². The fourth-order valence-corrected chi connectivity index (χ4v) is 1.09. The number of carboxylic acids is 1. The molecule has 0 bridgehead atoms. The molecule has 0 amide bonds. The average Bonchev–Trinajstić information content (AvgIpc) is 1.96. The van der Waals surface area contributed by atoms with Crippen LogP contribution in [0.5, 0.6) is 0 Å². The Hall–Kier alpha value is -0.520. The first-order valence-corrected chi connectivity index (χ1v) is 4.36. The smallest absolute Gasteiger partial charge is 0.414 e. The monoisotopic (exact) mass is 260 g/mol. The minimum Gasteiger partial charge on any atom is -0.478 e. The lowest BCUT2D eigenvalue weighted by atomic mass is 10.1. The number of carbonyl (C=O) groups is 1. The number of aliphatic carboxylic acids is 1. The highest BCUT2D eigenvalue weighted by Crippen LogP contribution is 2.32. The molecule has 0 radical (unpaired) electrons. The highest BCUT2D eigenvalue weighted by molar-refractivity contribution is 9.09. The molecule has 0 aliphatic carbocycles. The molecular formula is C7H8BrF3O2. The van der Waals surface area contributed by atoms with Crippen LogP contribution in [-0.2, 0) is 4.79 Å². The first-order valence-electron chi connectivity index (χ1n) is 3.44. The summed E-state index contributed by atoms with van der Waals surface area (Å²) in [6.45, 7) is 1.53. The van der Waals surface area contributed by atoms with Crippen LogP contribution in [0.4, 0.5) is 13.2 Å². The number of alkyl halides is 4. The molecule has 0 aromatic heterocycles. The van der Waals surface area contributed by atoms with Crippen LogP contribution in [0, 0.1) is 0 Å². The molecule has 1 atom stereocenters. The molecule has 0 fully saturated rings. The Balaban J connectivity index is 4.87. The van der Waals surface area contributed by atoms with Crippen molar-refractivity contribution in [3.8, 4) is 0 Å². The van der Waals surface area contributed by atoms with Gasteiger partial charge in [0.15, 0.2) is 0 Å². The Kier molecular flexibility index (Phi) is 4.46. The van der Waals surface area contributed by atoms with E-state index in [9.17, 15) is 18.0 Å². The van der Waals surface area contributed by atoms with Crippen LogP contribution >= 0.6 is 15.9 Å². The van der Waals surface area contributed by atoms with E-state index >= 15 is 0 Å². The van der Waals surface area contributed by atoms with Crippen LogP contribution in [0.3, 0.4) is 0 Å². The van der Waals surface area contributed by atoms with E-state index in [2.05, 4.69) is 15.9 Å². The van der Waals surface area contributed by atoms with Crippen molar-refractivity contribution in [1.29, 1.82) is 0 Å². The predicted octanol–water partition coefficient (Wildman–Crippen LogP) is 2.73. The van der Waals surface area contributed by atoms with Gasteiger partial charge in [-0.25, -0.2) is 4.79 Å². The van der Waals surface area contributed by atoms with E-state index in [0.717, 1.165) is 0 Å². The number of rotatable bonds is 3. The van der Waals surface area contributed by atoms with Crippen LogP contribution in [0.15, 0.2) is 11.6 Å². The SMILES string of the molecule is CCC(Br)/C(=C/C(=O)O)C(F)(F)F. The summed E-state index contributed by atoms with van der Waals surface area (Å²) in [4.78, 5) is 9.11. The van der Waals surface area contributed by atoms with Crippen molar-refractivity contribution in [2.24, 2.45) is 0 Å².